The lowest BCUT2D eigenvalue weighted by molar-refractivity contribution is -0.167. The number of rotatable bonds is 44. The van der Waals surface area contributed by atoms with Crippen LogP contribution < -0.4 is 0 Å². The lowest BCUT2D eigenvalue weighted by atomic mass is 10.1. The number of unbranched alkanes of at least 4 members (excludes halogenated alkanes) is 23. The molecule has 0 aromatic rings. The number of carbonyl (C=O) groups excluding carboxylic acids is 3. The number of hydrogen-bond acceptors (Lipinski definition) is 6. The van der Waals surface area contributed by atoms with Gasteiger partial charge < -0.3 is 14.2 Å². The summed E-state index contributed by atoms with van der Waals surface area (Å²) in [5.41, 5.74) is 0. The van der Waals surface area contributed by atoms with Gasteiger partial charge in [0.2, 0.25) is 0 Å². The molecule has 0 aromatic heterocycles. The Hall–Kier alpha value is -2.89. The zero-order valence-electron chi connectivity index (χ0n) is 38.8. The van der Waals surface area contributed by atoms with Crippen molar-refractivity contribution < 1.29 is 28.6 Å². The second-order valence-corrected chi connectivity index (χ2v) is 16.4. The Morgan fingerprint density at radius 1 is 0.356 bits per heavy atom. The van der Waals surface area contributed by atoms with Crippen molar-refractivity contribution in [2.24, 2.45) is 0 Å². The number of esters is 3. The summed E-state index contributed by atoms with van der Waals surface area (Å²) in [6, 6.07) is 0. The highest BCUT2D eigenvalue weighted by molar-refractivity contribution is 5.71. The minimum absolute atomic E-state index is 0.0779. The molecule has 6 heteroatoms. The minimum atomic E-state index is -0.776. The van der Waals surface area contributed by atoms with Gasteiger partial charge >= 0.3 is 17.9 Å². The summed E-state index contributed by atoms with van der Waals surface area (Å²) in [4.78, 5) is 37.8. The average Bonchev–Trinajstić information content (AvgIpc) is 3.23. The Bertz CT molecular complexity index is 1090. The van der Waals surface area contributed by atoms with Gasteiger partial charge in [-0.15, -0.1) is 0 Å². The topological polar surface area (TPSA) is 78.9 Å². The summed E-state index contributed by atoms with van der Waals surface area (Å²) < 4.78 is 16.7. The maximum atomic E-state index is 12.7. The Labute approximate surface area is 364 Å². The molecule has 0 aliphatic rings. The van der Waals surface area contributed by atoms with Crippen LogP contribution in [-0.2, 0) is 28.6 Å². The van der Waals surface area contributed by atoms with Gasteiger partial charge in [0.25, 0.3) is 0 Å². The Balaban J connectivity index is 4.31. The maximum absolute atomic E-state index is 12.7. The van der Waals surface area contributed by atoms with Gasteiger partial charge in [0, 0.05) is 19.3 Å². The van der Waals surface area contributed by atoms with Crippen LogP contribution in [0.1, 0.15) is 239 Å². The van der Waals surface area contributed by atoms with Gasteiger partial charge in [-0.2, -0.15) is 0 Å². The Morgan fingerprint density at radius 2 is 0.661 bits per heavy atom. The second kappa shape index (κ2) is 47.8. The van der Waals surface area contributed by atoms with Crippen molar-refractivity contribution in [2.45, 2.75) is 245 Å². The van der Waals surface area contributed by atoms with E-state index in [1.165, 1.54) is 89.9 Å². The summed E-state index contributed by atoms with van der Waals surface area (Å²) in [5.74, 6) is -0.898. The molecule has 0 spiro atoms. The molecule has 1 atom stereocenters. The summed E-state index contributed by atoms with van der Waals surface area (Å²) in [5, 5.41) is 0. The van der Waals surface area contributed by atoms with Crippen molar-refractivity contribution in [3.8, 4) is 0 Å². The number of hydrogen-bond donors (Lipinski definition) is 0. The largest absolute Gasteiger partial charge is 0.462 e. The second-order valence-electron chi connectivity index (χ2n) is 16.4. The quantitative estimate of drug-likeness (QED) is 0.0263. The molecule has 59 heavy (non-hydrogen) atoms. The first kappa shape index (κ1) is 56.1. The lowest BCUT2D eigenvalue weighted by Gasteiger charge is -2.18. The van der Waals surface area contributed by atoms with Crippen molar-refractivity contribution in [1.29, 1.82) is 0 Å². The smallest absolute Gasteiger partial charge is 0.306 e. The fourth-order valence-corrected chi connectivity index (χ4v) is 6.82. The molecule has 340 valence electrons. The maximum Gasteiger partial charge on any atom is 0.306 e. The van der Waals surface area contributed by atoms with Gasteiger partial charge in [0.15, 0.2) is 6.10 Å². The fourth-order valence-electron chi connectivity index (χ4n) is 6.82. The predicted molar refractivity (Wildman–Crippen MR) is 251 cm³/mol. The normalized spacial score (nSPS) is 12.5. The standard InChI is InChI=1S/C53H92O6/c1-4-7-10-13-16-19-21-22-23-24-25-26-27-28-29-30-32-34-37-40-43-46-52(55)58-49-50(48-57-51(54)45-42-39-36-33-18-15-12-9-6-3)59-53(56)47-44-41-38-35-31-20-17-14-11-8-5-2/h7,10,16,19,22-23,25-26,28-29,50H,4-6,8-9,11-15,17-18,20-21,24,27,30-49H2,1-3H3/b10-7-,19-16-,23-22-,26-25-,29-28-. The summed E-state index contributed by atoms with van der Waals surface area (Å²) in [7, 11) is 0. The monoisotopic (exact) mass is 825 g/mol. The number of carbonyl (C=O) groups is 3. The molecular formula is C53H92O6. The molecule has 0 saturated heterocycles. The van der Waals surface area contributed by atoms with Crippen molar-refractivity contribution in [1.82, 2.24) is 0 Å². The van der Waals surface area contributed by atoms with Crippen LogP contribution in [0.4, 0.5) is 0 Å². The third kappa shape index (κ3) is 46.0. The molecule has 0 rings (SSSR count). The van der Waals surface area contributed by atoms with Crippen LogP contribution in [0.5, 0.6) is 0 Å². The first-order valence-electron chi connectivity index (χ1n) is 24.8. The summed E-state index contributed by atoms with van der Waals surface area (Å²) in [6.45, 7) is 6.48. The molecule has 0 heterocycles. The van der Waals surface area contributed by atoms with Crippen molar-refractivity contribution in [3.63, 3.8) is 0 Å². The third-order valence-electron chi connectivity index (χ3n) is 10.5. The van der Waals surface area contributed by atoms with E-state index in [0.717, 1.165) is 109 Å². The van der Waals surface area contributed by atoms with E-state index in [0.29, 0.717) is 19.3 Å². The molecule has 0 aliphatic heterocycles. The van der Waals surface area contributed by atoms with Gasteiger partial charge in [-0.3, -0.25) is 14.4 Å². The van der Waals surface area contributed by atoms with Gasteiger partial charge in [0.05, 0.1) is 0 Å². The molecule has 1 unspecified atom stereocenters. The van der Waals surface area contributed by atoms with Crippen LogP contribution in [0.25, 0.3) is 0 Å². The molecule has 0 aliphatic carbocycles. The van der Waals surface area contributed by atoms with E-state index in [1.54, 1.807) is 0 Å². The van der Waals surface area contributed by atoms with Crippen molar-refractivity contribution in [3.05, 3.63) is 60.8 Å². The lowest BCUT2D eigenvalue weighted by Crippen LogP contribution is -2.30. The summed E-state index contributed by atoms with van der Waals surface area (Å²) >= 11 is 0. The van der Waals surface area contributed by atoms with Gasteiger partial charge in [-0.25, -0.2) is 0 Å². The highest BCUT2D eigenvalue weighted by Crippen LogP contribution is 2.14. The zero-order valence-corrected chi connectivity index (χ0v) is 38.8. The van der Waals surface area contributed by atoms with Crippen LogP contribution in [0.3, 0.4) is 0 Å². The zero-order chi connectivity index (χ0) is 43.0. The van der Waals surface area contributed by atoms with Crippen LogP contribution >= 0.6 is 0 Å². The molecule has 0 N–H and O–H groups in total. The first-order valence-corrected chi connectivity index (χ1v) is 24.8. The molecule has 0 aromatic carbocycles. The molecule has 0 amide bonds. The Kier molecular flexibility index (Phi) is 45.4. The van der Waals surface area contributed by atoms with Gasteiger partial charge in [-0.05, 0) is 64.2 Å². The number of allylic oxidation sites excluding steroid dienone is 10. The van der Waals surface area contributed by atoms with Crippen LogP contribution in [0.15, 0.2) is 60.8 Å². The molecule has 0 bridgehead atoms. The molecule has 0 saturated carbocycles. The SMILES string of the molecule is CC/C=C\C/C=C\C/C=C\C/C=C\C/C=C\CCCCCCCC(=O)OCC(COC(=O)CCCCCCCCCCC)OC(=O)CCCCCCCCCCCCC. The van der Waals surface area contributed by atoms with Crippen LogP contribution in [0, 0.1) is 0 Å². The average molecular weight is 825 g/mol. The highest BCUT2D eigenvalue weighted by atomic mass is 16.6. The van der Waals surface area contributed by atoms with Crippen LogP contribution in [-0.4, -0.2) is 37.2 Å². The van der Waals surface area contributed by atoms with Crippen molar-refractivity contribution >= 4 is 17.9 Å². The number of ether oxygens (including phenoxy) is 3. The van der Waals surface area contributed by atoms with Gasteiger partial charge in [-0.1, -0.05) is 216 Å². The Morgan fingerprint density at radius 3 is 1.03 bits per heavy atom. The van der Waals surface area contributed by atoms with E-state index in [9.17, 15) is 14.4 Å². The molecular weight excluding hydrogens is 733 g/mol. The fraction of sp³-hybridized carbons (Fsp3) is 0.755. The first-order chi connectivity index (χ1) is 29.0. The van der Waals surface area contributed by atoms with E-state index in [2.05, 4.69) is 81.5 Å². The van der Waals surface area contributed by atoms with Crippen molar-refractivity contribution in [2.75, 3.05) is 13.2 Å². The third-order valence-corrected chi connectivity index (χ3v) is 10.5. The van der Waals surface area contributed by atoms with E-state index in [4.69, 9.17) is 14.2 Å². The van der Waals surface area contributed by atoms with E-state index < -0.39 is 6.10 Å². The predicted octanol–water partition coefficient (Wildman–Crippen LogP) is 16.1. The molecule has 6 nitrogen and oxygen atoms in total. The van der Waals surface area contributed by atoms with E-state index >= 15 is 0 Å². The molecule has 0 radical (unpaired) electrons. The summed E-state index contributed by atoms with van der Waals surface area (Å²) in [6.07, 6.45) is 57.8. The molecule has 0 fully saturated rings. The van der Waals surface area contributed by atoms with E-state index in [1.807, 2.05) is 0 Å². The highest BCUT2D eigenvalue weighted by Gasteiger charge is 2.19. The minimum Gasteiger partial charge on any atom is -0.462 e. The van der Waals surface area contributed by atoms with Crippen LogP contribution in [0.2, 0.25) is 0 Å². The van der Waals surface area contributed by atoms with Gasteiger partial charge in [0.1, 0.15) is 13.2 Å². The van der Waals surface area contributed by atoms with E-state index in [-0.39, 0.29) is 31.1 Å².